The van der Waals surface area contributed by atoms with Gasteiger partial charge in [0.05, 0.1) is 6.04 Å². The summed E-state index contributed by atoms with van der Waals surface area (Å²) in [5.41, 5.74) is 7.25. The SMILES string of the molecule is CCCC(N)C(=O)NCC1(c2cccc(Br)c2)CC1.Cl. The van der Waals surface area contributed by atoms with E-state index >= 15 is 0 Å². The zero-order valence-corrected chi connectivity index (χ0v) is 14.1. The maximum atomic E-state index is 11.9. The Bertz CT molecular complexity index is 463. The largest absolute Gasteiger partial charge is 0.354 e. The van der Waals surface area contributed by atoms with E-state index in [0.29, 0.717) is 6.54 Å². The van der Waals surface area contributed by atoms with E-state index in [1.807, 2.05) is 19.1 Å². The number of nitrogens with two attached hydrogens (primary N) is 1. The molecule has 1 aliphatic rings. The van der Waals surface area contributed by atoms with Crippen molar-refractivity contribution in [1.29, 1.82) is 0 Å². The van der Waals surface area contributed by atoms with Crippen LogP contribution in [0.2, 0.25) is 0 Å². The van der Waals surface area contributed by atoms with Crippen LogP contribution in [0.25, 0.3) is 0 Å². The highest BCUT2D eigenvalue weighted by Gasteiger charge is 2.44. The molecule has 1 fully saturated rings. The van der Waals surface area contributed by atoms with Gasteiger partial charge in [0.2, 0.25) is 5.91 Å². The van der Waals surface area contributed by atoms with Crippen molar-refractivity contribution >= 4 is 34.2 Å². The second-order valence-electron chi connectivity index (χ2n) is 5.40. The molecule has 5 heteroatoms. The van der Waals surface area contributed by atoms with Crippen molar-refractivity contribution in [1.82, 2.24) is 5.32 Å². The van der Waals surface area contributed by atoms with Gasteiger partial charge in [0.15, 0.2) is 0 Å². The van der Waals surface area contributed by atoms with Gasteiger partial charge in [-0.05, 0) is 37.0 Å². The van der Waals surface area contributed by atoms with Crippen LogP contribution in [0.3, 0.4) is 0 Å². The fourth-order valence-corrected chi connectivity index (χ4v) is 2.77. The number of nitrogens with one attached hydrogen (secondary N) is 1. The minimum Gasteiger partial charge on any atom is -0.354 e. The van der Waals surface area contributed by atoms with Crippen LogP contribution in [0.1, 0.15) is 38.2 Å². The molecule has 3 N–H and O–H groups in total. The Balaban J connectivity index is 0.00000200. The summed E-state index contributed by atoms with van der Waals surface area (Å²) in [6.45, 7) is 2.73. The third-order valence-corrected chi connectivity index (χ3v) is 4.32. The van der Waals surface area contributed by atoms with Crippen molar-refractivity contribution in [3.05, 3.63) is 34.3 Å². The first kappa shape index (κ1) is 17.5. The molecule has 1 aromatic rings. The summed E-state index contributed by atoms with van der Waals surface area (Å²) in [5, 5.41) is 3.01. The molecule has 1 atom stereocenters. The standard InChI is InChI=1S/C15H21BrN2O.ClH/c1-2-4-13(17)14(19)18-10-15(7-8-15)11-5-3-6-12(16)9-11;/h3,5-6,9,13H,2,4,7-8,10,17H2,1H3,(H,18,19);1H. The molecule has 1 unspecified atom stereocenters. The molecule has 1 saturated carbocycles. The van der Waals surface area contributed by atoms with Crippen LogP contribution in [0, 0.1) is 0 Å². The molecule has 112 valence electrons. The van der Waals surface area contributed by atoms with E-state index in [1.165, 1.54) is 5.56 Å². The molecule has 0 bridgehead atoms. The number of carbonyl (C=O) groups is 1. The normalized spacial score (nSPS) is 16.9. The molecule has 0 aromatic heterocycles. The fraction of sp³-hybridized carbons (Fsp3) is 0.533. The number of benzene rings is 1. The summed E-state index contributed by atoms with van der Waals surface area (Å²) in [4.78, 5) is 11.9. The van der Waals surface area contributed by atoms with Gasteiger partial charge in [0.25, 0.3) is 0 Å². The van der Waals surface area contributed by atoms with Gasteiger partial charge < -0.3 is 11.1 Å². The Hall–Kier alpha value is -0.580. The lowest BCUT2D eigenvalue weighted by Crippen LogP contribution is -2.43. The molecule has 1 aliphatic carbocycles. The summed E-state index contributed by atoms with van der Waals surface area (Å²) in [6.07, 6.45) is 3.95. The van der Waals surface area contributed by atoms with E-state index in [-0.39, 0.29) is 29.8 Å². The van der Waals surface area contributed by atoms with Crippen molar-refractivity contribution in [3.63, 3.8) is 0 Å². The Kier molecular flexibility index (Phi) is 6.49. The van der Waals surface area contributed by atoms with Crippen LogP contribution in [0.15, 0.2) is 28.7 Å². The third-order valence-electron chi connectivity index (χ3n) is 3.83. The van der Waals surface area contributed by atoms with E-state index < -0.39 is 0 Å². The Morgan fingerprint density at radius 1 is 1.50 bits per heavy atom. The number of rotatable bonds is 6. The van der Waals surface area contributed by atoms with Crippen LogP contribution < -0.4 is 11.1 Å². The topological polar surface area (TPSA) is 55.1 Å². The number of amides is 1. The van der Waals surface area contributed by atoms with E-state index in [0.717, 1.165) is 30.2 Å². The van der Waals surface area contributed by atoms with E-state index in [1.54, 1.807) is 0 Å². The summed E-state index contributed by atoms with van der Waals surface area (Å²) in [7, 11) is 0. The lowest BCUT2D eigenvalue weighted by molar-refractivity contribution is -0.122. The average molecular weight is 362 g/mol. The smallest absolute Gasteiger partial charge is 0.236 e. The van der Waals surface area contributed by atoms with Crippen LogP contribution in [0.5, 0.6) is 0 Å². The zero-order valence-electron chi connectivity index (χ0n) is 11.7. The summed E-state index contributed by atoms with van der Waals surface area (Å²) in [5.74, 6) is -0.0249. The molecule has 1 aromatic carbocycles. The molecule has 0 spiro atoms. The second-order valence-corrected chi connectivity index (χ2v) is 6.32. The van der Waals surface area contributed by atoms with Crippen LogP contribution in [-0.2, 0) is 10.2 Å². The minimum atomic E-state index is -0.372. The van der Waals surface area contributed by atoms with Gasteiger partial charge in [-0.1, -0.05) is 41.4 Å². The van der Waals surface area contributed by atoms with Crippen molar-refractivity contribution in [2.45, 2.75) is 44.1 Å². The highest BCUT2D eigenvalue weighted by atomic mass is 79.9. The summed E-state index contributed by atoms with van der Waals surface area (Å²) < 4.78 is 1.09. The van der Waals surface area contributed by atoms with Gasteiger partial charge in [-0.15, -0.1) is 12.4 Å². The van der Waals surface area contributed by atoms with Gasteiger partial charge in [0.1, 0.15) is 0 Å². The number of hydrogen-bond acceptors (Lipinski definition) is 2. The van der Waals surface area contributed by atoms with E-state index in [2.05, 4.69) is 33.4 Å². The highest BCUT2D eigenvalue weighted by Crippen LogP contribution is 2.48. The molecule has 0 aliphatic heterocycles. The Morgan fingerprint density at radius 2 is 2.20 bits per heavy atom. The lowest BCUT2D eigenvalue weighted by Gasteiger charge is -2.18. The highest BCUT2D eigenvalue weighted by molar-refractivity contribution is 9.10. The molecule has 20 heavy (non-hydrogen) atoms. The first-order valence-corrected chi connectivity index (χ1v) is 7.66. The molecule has 0 heterocycles. The number of carbonyl (C=O) groups excluding carboxylic acids is 1. The number of halogens is 2. The monoisotopic (exact) mass is 360 g/mol. The maximum absolute atomic E-state index is 11.9. The third kappa shape index (κ3) is 4.21. The van der Waals surface area contributed by atoms with E-state index in [9.17, 15) is 4.79 Å². The lowest BCUT2D eigenvalue weighted by atomic mass is 9.96. The summed E-state index contributed by atoms with van der Waals surface area (Å²) in [6, 6.07) is 7.98. The van der Waals surface area contributed by atoms with E-state index in [4.69, 9.17) is 5.73 Å². The van der Waals surface area contributed by atoms with Gasteiger partial charge in [-0.3, -0.25) is 4.79 Å². The van der Waals surface area contributed by atoms with Crippen molar-refractivity contribution < 1.29 is 4.79 Å². The van der Waals surface area contributed by atoms with Gasteiger partial charge in [-0.2, -0.15) is 0 Å². The fourth-order valence-electron chi connectivity index (χ4n) is 2.37. The van der Waals surface area contributed by atoms with Crippen LogP contribution in [-0.4, -0.2) is 18.5 Å². The van der Waals surface area contributed by atoms with Crippen molar-refractivity contribution in [2.24, 2.45) is 5.73 Å². The maximum Gasteiger partial charge on any atom is 0.236 e. The quantitative estimate of drug-likeness (QED) is 0.818. The molecular weight excluding hydrogens is 340 g/mol. The summed E-state index contributed by atoms with van der Waals surface area (Å²) >= 11 is 3.50. The van der Waals surface area contributed by atoms with Crippen molar-refractivity contribution in [2.75, 3.05) is 6.54 Å². The first-order chi connectivity index (χ1) is 9.07. The number of hydrogen-bond donors (Lipinski definition) is 2. The van der Waals surface area contributed by atoms with Crippen LogP contribution >= 0.6 is 28.3 Å². The average Bonchev–Trinajstić information content (AvgIpc) is 3.17. The Morgan fingerprint density at radius 3 is 2.75 bits per heavy atom. The molecule has 1 amide bonds. The van der Waals surface area contributed by atoms with Gasteiger partial charge in [0, 0.05) is 16.4 Å². The minimum absolute atomic E-state index is 0. The second kappa shape index (κ2) is 7.43. The molecule has 0 saturated heterocycles. The van der Waals surface area contributed by atoms with Crippen molar-refractivity contribution in [3.8, 4) is 0 Å². The molecular formula is C15H22BrClN2O. The predicted molar refractivity (Wildman–Crippen MR) is 88.2 cm³/mol. The molecule has 0 radical (unpaired) electrons. The molecule has 3 nitrogen and oxygen atoms in total. The van der Waals surface area contributed by atoms with Gasteiger partial charge >= 0.3 is 0 Å². The Labute approximate surface area is 135 Å². The first-order valence-electron chi connectivity index (χ1n) is 6.87. The predicted octanol–water partition coefficient (Wildman–Crippen LogP) is 3.15. The van der Waals surface area contributed by atoms with Crippen LogP contribution in [0.4, 0.5) is 0 Å². The molecule has 2 rings (SSSR count). The van der Waals surface area contributed by atoms with Gasteiger partial charge in [-0.25, -0.2) is 0 Å². The zero-order chi connectivity index (χ0) is 13.9.